The first-order valence-corrected chi connectivity index (χ1v) is 5.14. The summed E-state index contributed by atoms with van der Waals surface area (Å²) in [4.78, 5) is 11.3. The highest BCUT2D eigenvalue weighted by molar-refractivity contribution is 6.33. The molecule has 0 aliphatic rings. The Morgan fingerprint density at radius 3 is 2.81 bits per heavy atom. The van der Waals surface area contributed by atoms with Gasteiger partial charge < -0.3 is 10.6 Å². The van der Waals surface area contributed by atoms with E-state index in [-0.39, 0.29) is 5.91 Å². The second-order valence-electron chi connectivity index (χ2n) is 3.29. The van der Waals surface area contributed by atoms with Gasteiger partial charge in [0.15, 0.2) is 0 Å². The molecule has 5 heteroatoms. The van der Waals surface area contributed by atoms with Crippen LogP contribution in [0.15, 0.2) is 18.2 Å². The smallest absolute Gasteiger partial charge is 0.241 e. The van der Waals surface area contributed by atoms with Gasteiger partial charge in [0.1, 0.15) is 6.04 Å². The number of likely N-dealkylation sites (N-methyl/N-ethyl adjacent to an activating group) is 1. The molecule has 84 valence electrons. The number of halogens is 1. The molecule has 0 aliphatic heterocycles. The van der Waals surface area contributed by atoms with Gasteiger partial charge >= 0.3 is 0 Å². The Hall–Kier alpha value is -1.73. The van der Waals surface area contributed by atoms with Gasteiger partial charge in [0.2, 0.25) is 5.91 Å². The molecule has 0 heterocycles. The number of rotatable bonds is 3. The first-order chi connectivity index (χ1) is 7.58. The lowest BCUT2D eigenvalue weighted by Crippen LogP contribution is -2.35. The Labute approximate surface area is 99.2 Å². The Bertz CT molecular complexity index is 439. The van der Waals surface area contributed by atoms with Gasteiger partial charge in [0.25, 0.3) is 0 Å². The van der Waals surface area contributed by atoms with E-state index in [9.17, 15) is 4.79 Å². The van der Waals surface area contributed by atoms with Crippen LogP contribution in [0.4, 0.5) is 5.69 Å². The third-order valence-corrected chi connectivity index (χ3v) is 2.44. The lowest BCUT2D eigenvalue weighted by Gasteiger charge is -2.14. The van der Waals surface area contributed by atoms with E-state index in [0.29, 0.717) is 16.3 Å². The molecule has 1 aromatic rings. The van der Waals surface area contributed by atoms with Crippen molar-refractivity contribution in [3.63, 3.8) is 0 Å². The summed E-state index contributed by atoms with van der Waals surface area (Å²) in [5.41, 5.74) is 1.08. The first kappa shape index (κ1) is 12.3. The van der Waals surface area contributed by atoms with Crippen molar-refractivity contribution in [1.82, 2.24) is 5.32 Å². The van der Waals surface area contributed by atoms with Gasteiger partial charge in [-0.15, -0.1) is 0 Å². The van der Waals surface area contributed by atoms with Crippen molar-refractivity contribution < 1.29 is 4.79 Å². The maximum atomic E-state index is 11.3. The Kier molecular flexibility index (Phi) is 4.15. The fourth-order valence-corrected chi connectivity index (χ4v) is 1.39. The van der Waals surface area contributed by atoms with Crippen LogP contribution in [0.3, 0.4) is 0 Å². The fraction of sp³-hybridized carbons (Fsp3) is 0.273. The van der Waals surface area contributed by atoms with Gasteiger partial charge in [-0.25, -0.2) is 0 Å². The molecule has 0 aromatic heterocycles. The van der Waals surface area contributed by atoms with E-state index in [1.54, 1.807) is 32.2 Å². The van der Waals surface area contributed by atoms with Crippen molar-refractivity contribution in [2.75, 3.05) is 12.4 Å². The normalized spacial score (nSPS) is 11.4. The van der Waals surface area contributed by atoms with Crippen LogP contribution in [-0.4, -0.2) is 19.0 Å². The maximum Gasteiger partial charge on any atom is 0.241 e. The lowest BCUT2D eigenvalue weighted by atomic mass is 10.2. The van der Waals surface area contributed by atoms with E-state index in [4.69, 9.17) is 16.9 Å². The zero-order valence-corrected chi connectivity index (χ0v) is 9.80. The number of anilines is 1. The summed E-state index contributed by atoms with van der Waals surface area (Å²) < 4.78 is 0. The van der Waals surface area contributed by atoms with Crippen LogP contribution < -0.4 is 10.6 Å². The zero-order chi connectivity index (χ0) is 12.1. The van der Waals surface area contributed by atoms with E-state index < -0.39 is 6.04 Å². The minimum absolute atomic E-state index is 0.140. The average Bonchev–Trinajstić information content (AvgIpc) is 2.30. The molecule has 0 saturated heterocycles. The molecular formula is C11H12ClN3O. The Morgan fingerprint density at radius 2 is 2.25 bits per heavy atom. The molecule has 1 atom stereocenters. The summed E-state index contributed by atoms with van der Waals surface area (Å²) in [7, 11) is 1.56. The highest BCUT2D eigenvalue weighted by Gasteiger charge is 2.12. The number of nitriles is 1. The van der Waals surface area contributed by atoms with Gasteiger partial charge in [-0.1, -0.05) is 11.6 Å². The molecule has 4 nitrogen and oxygen atoms in total. The predicted molar refractivity (Wildman–Crippen MR) is 63.3 cm³/mol. The molecular weight excluding hydrogens is 226 g/mol. The average molecular weight is 238 g/mol. The van der Waals surface area contributed by atoms with Gasteiger partial charge in [-0.3, -0.25) is 4.79 Å². The largest absolute Gasteiger partial charge is 0.373 e. The summed E-state index contributed by atoms with van der Waals surface area (Å²) in [6.07, 6.45) is 0. The van der Waals surface area contributed by atoms with Crippen LogP contribution >= 0.6 is 11.6 Å². The molecule has 0 saturated carbocycles. The van der Waals surface area contributed by atoms with Crippen molar-refractivity contribution >= 4 is 23.2 Å². The molecule has 1 aromatic carbocycles. The van der Waals surface area contributed by atoms with E-state index in [0.717, 1.165) is 0 Å². The highest BCUT2D eigenvalue weighted by Crippen LogP contribution is 2.23. The van der Waals surface area contributed by atoms with Crippen LogP contribution in [-0.2, 0) is 4.79 Å². The minimum Gasteiger partial charge on any atom is -0.373 e. The third-order valence-electron chi connectivity index (χ3n) is 2.11. The molecule has 1 rings (SSSR count). The molecule has 2 N–H and O–H groups in total. The number of nitrogens with one attached hydrogen (secondary N) is 2. The van der Waals surface area contributed by atoms with Crippen LogP contribution in [0.25, 0.3) is 0 Å². The number of nitrogens with zero attached hydrogens (tertiary/aromatic N) is 1. The van der Waals surface area contributed by atoms with Crippen molar-refractivity contribution in [2.45, 2.75) is 13.0 Å². The van der Waals surface area contributed by atoms with E-state index in [1.165, 1.54) is 0 Å². The van der Waals surface area contributed by atoms with Crippen molar-refractivity contribution in [2.24, 2.45) is 0 Å². The molecule has 0 bridgehead atoms. The second-order valence-corrected chi connectivity index (χ2v) is 3.69. The van der Waals surface area contributed by atoms with Crippen molar-refractivity contribution in [3.05, 3.63) is 28.8 Å². The minimum atomic E-state index is -0.406. The van der Waals surface area contributed by atoms with Gasteiger partial charge in [-0.2, -0.15) is 5.26 Å². The molecule has 1 amide bonds. The van der Waals surface area contributed by atoms with Gasteiger partial charge in [0, 0.05) is 7.05 Å². The SMILES string of the molecule is CNC(=O)C(C)Nc1cc(C#N)ccc1Cl. The second kappa shape index (κ2) is 5.38. The van der Waals surface area contributed by atoms with Crippen LogP contribution in [0.5, 0.6) is 0 Å². The van der Waals surface area contributed by atoms with Crippen LogP contribution in [0, 0.1) is 11.3 Å². The number of hydrogen-bond acceptors (Lipinski definition) is 3. The summed E-state index contributed by atoms with van der Waals surface area (Å²) in [5, 5.41) is 14.7. The number of hydrogen-bond donors (Lipinski definition) is 2. The molecule has 0 radical (unpaired) electrons. The zero-order valence-electron chi connectivity index (χ0n) is 9.04. The standard InChI is InChI=1S/C11H12ClN3O/c1-7(11(16)14-2)15-10-5-8(6-13)3-4-9(10)12/h3-5,7,15H,1-2H3,(H,14,16). The number of carbonyl (C=O) groups is 1. The monoisotopic (exact) mass is 237 g/mol. The number of carbonyl (C=O) groups excluding carboxylic acids is 1. The third kappa shape index (κ3) is 2.88. The van der Waals surface area contributed by atoms with E-state index >= 15 is 0 Å². The number of benzene rings is 1. The predicted octanol–water partition coefficient (Wildman–Crippen LogP) is 1.76. The Balaban J connectivity index is 2.88. The van der Waals surface area contributed by atoms with Gasteiger partial charge in [0.05, 0.1) is 22.3 Å². The number of amides is 1. The topological polar surface area (TPSA) is 64.9 Å². The first-order valence-electron chi connectivity index (χ1n) is 4.76. The van der Waals surface area contributed by atoms with Crippen LogP contribution in [0.2, 0.25) is 5.02 Å². The molecule has 16 heavy (non-hydrogen) atoms. The highest BCUT2D eigenvalue weighted by atomic mass is 35.5. The summed E-state index contributed by atoms with van der Waals surface area (Å²) >= 11 is 5.94. The van der Waals surface area contributed by atoms with E-state index in [2.05, 4.69) is 10.6 Å². The molecule has 0 spiro atoms. The summed E-state index contributed by atoms with van der Waals surface area (Å²) in [6.45, 7) is 1.72. The van der Waals surface area contributed by atoms with Gasteiger partial charge in [-0.05, 0) is 25.1 Å². The summed E-state index contributed by atoms with van der Waals surface area (Å²) in [6, 6.07) is 6.47. The Morgan fingerprint density at radius 1 is 1.56 bits per heavy atom. The molecule has 1 unspecified atom stereocenters. The quantitative estimate of drug-likeness (QED) is 0.842. The molecule has 0 fully saturated rings. The molecule has 0 aliphatic carbocycles. The summed E-state index contributed by atoms with van der Waals surface area (Å²) in [5.74, 6) is -0.140. The fourth-order valence-electron chi connectivity index (χ4n) is 1.22. The van der Waals surface area contributed by atoms with Crippen molar-refractivity contribution in [3.8, 4) is 6.07 Å². The lowest BCUT2D eigenvalue weighted by molar-refractivity contribution is -0.121. The van der Waals surface area contributed by atoms with E-state index in [1.807, 2.05) is 6.07 Å². The van der Waals surface area contributed by atoms with Crippen LogP contribution in [0.1, 0.15) is 12.5 Å². The van der Waals surface area contributed by atoms with Crippen molar-refractivity contribution in [1.29, 1.82) is 5.26 Å². The maximum absolute atomic E-state index is 11.3.